The molecule has 1 saturated carbocycles. The Hall–Kier alpha value is -3.08. The van der Waals surface area contributed by atoms with Gasteiger partial charge in [0.15, 0.2) is 23.8 Å². The number of carbonyl (C=O) groups is 1. The van der Waals surface area contributed by atoms with Gasteiger partial charge in [0.2, 0.25) is 6.29 Å². The molecule has 0 radical (unpaired) electrons. The summed E-state index contributed by atoms with van der Waals surface area (Å²) in [5, 5.41) is 0. The molecule has 2 fully saturated rings. The van der Waals surface area contributed by atoms with E-state index >= 15 is 16.8 Å². The van der Waals surface area contributed by atoms with Gasteiger partial charge in [0.25, 0.3) is 0 Å². The summed E-state index contributed by atoms with van der Waals surface area (Å²) >= 11 is 0. The molecule has 0 N–H and O–H groups in total. The Bertz CT molecular complexity index is 1710. The molecular formula is C35H39FO7S2. The Labute approximate surface area is 265 Å². The fourth-order valence-corrected chi connectivity index (χ4v) is 13.3. The minimum absolute atomic E-state index is 0.0818. The molecule has 1 saturated heterocycles. The number of cyclic esters (lactones) is 1. The zero-order valence-electron chi connectivity index (χ0n) is 25.6. The third-order valence-corrected chi connectivity index (χ3v) is 15.9. The molecule has 3 aliphatic rings. The van der Waals surface area contributed by atoms with E-state index in [1.807, 2.05) is 0 Å². The molecule has 240 valence electrons. The molecule has 45 heavy (non-hydrogen) atoms. The molecule has 10 heteroatoms. The van der Waals surface area contributed by atoms with Crippen LogP contribution in [0.4, 0.5) is 4.39 Å². The van der Waals surface area contributed by atoms with Gasteiger partial charge in [-0.05, 0) is 84.5 Å². The van der Waals surface area contributed by atoms with Gasteiger partial charge in [-0.15, -0.1) is 0 Å². The quantitative estimate of drug-likeness (QED) is 0.281. The number of hydrogen-bond acceptors (Lipinski definition) is 7. The normalized spacial score (nSPS) is 28.2. The predicted molar refractivity (Wildman–Crippen MR) is 167 cm³/mol. The molecule has 6 atom stereocenters. The van der Waals surface area contributed by atoms with Gasteiger partial charge >= 0.3 is 5.97 Å². The van der Waals surface area contributed by atoms with Crippen molar-refractivity contribution in [3.8, 4) is 0 Å². The Kier molecular flexibility index (Phi) is 8.46. The maximum atomic E-state index is 15.2. The molecule has 3 aromatic carbocycles. The number of carbonyl (C=O) groups excluding carboxylic acids is 1. The van der Waals surface area contributed by atoms with Crippen molar-refractivity contribution < 1.29 is 35.5 Å². The second-order valence-corrected chi connectivity index (χ2v) is 17.8. The summed E-state index contributed by atoms with van der Waals surface area (Å²) in [4.78, 5) is 13.4. The zero-order chi connectivity index (χ0) is 32.1. The van der Waals surface area contributed by atoms with Gasteiger partial charge in [0, 0.05) is 6.42 Å². The van der Waals surface area contributed by atoms with E-state index in [4.69, 9.17) is 9.47 Å². The van der Waals surface area contributed by atoms with Crippen LogP contribution in [-0.2, 0) is 46.8 Å². The van der Waals surface area contributed by atoms with Gasteiger partial charge in [0.1, 0.15) is 5.82 Å². The minimum Gasteiger partial charge on any atom is -0.435 e. The lowest BCUT2D eigenvalue weighted by Crippen LogP contribution is -2.58. The monoisotopic (exact) mass is 654 g/mol. The van der Waals surface area contributed by atoms with Crippen LogP contribution in [0.1, 0.15) is 51.2 Å². The zero-order valence-corrected chi connectivity index (χ0v) is 27.3. The summed E-state index contributed by atoms with van der Waals surface area (Å²) in [7, 11) is -9.58. The second kappa shape index (κ2) is 11.9. The van der Waals surface area contributed by atoms with Gasteiger partial charge in [-0.3, -0.25) is 4.79 Å². The number of hydrogen-bond donors (Lipinski definition) is 0. The van der Waals surface area contributed by atoms with E-state index in [9.17, 15) is 9.18 Å². The van der Waals surface area contributed by atoms with Crippen molar-refractivity contribution in [2.24, 2.45) is 29.6 Å². The first kappa shape index (κ1) is 31.9. The number of halogens is 1. The smallest absolute Gasteiger partial charge is 0.312 e. The fraction of sp³-hybridized carbons (Fsp3) is 0.457. The SMILES string of the molecule is CC(C)[C@@H]1CC[C@@H](C)C[C@H]1O[C@@H]1OC(=O)[C@H]2Cc3cc(F)ccc3CC(S(=O)(=O)c3ccccc3)(S(=O)(=O)c3ccccc3)[C@@H]12. The maximum Gasteiger partial charge on any atom is 0.312 e. The molecule has 0 bridgehead atoms. The van der Waals surface area contributed by atoms with Crippen LogP contribution >= 0.6 is 0 Å². The van der Waals surface area contributed by atoms with Gasteiger partial charge in [-0.25, -0.2) is 21.2 Å². The number of fused-ring (bicyclic) bond motifs is 2. The van der Waals surface area contributed by atoms with Crippen molar-refractivity contribution >= 4 is 25.6 Å². The van der Waals surface area contributed by atoms with E-state index in [1.54, 1.807) is 12.1 Å². The topological polar surface area (TPSA) is 104 Å². The summed E-state index contributed by atoms with van der Waals surface area (Å²) in [5.74, 6) is -3.29. The second-order valence-electron chi connectivity index (χ2n) is 13.2. The molecule has 2 aliphatic carbocycles. The van der Waals surface area contributed by atoms with Crippen molar-refractivity contribution in [3.05, 3.63) is 95.8 Å². The highest BCUT2D eigenvalue weighted by Gasteiger charge is 2.70. The average Bonchev–Trinajstić information content (AvgIpc) is 3.20. The van der Waals surface area contributed by atoms with Crippen LogP contribution in [-0.4, -0.2) is 39.3 Å². The summed E-state index contributed by atoms with van der Waals surface area (Å²) in [6.45, 7) is 6.32. The van der Waals surface area contributed by atoms with Crippen LogP contribution in [0.2, 0.25) is 0 Å². The van der Waals surface area contributed by atoms with Crippen molar-refractivity contribution in [2.75, 3.05) is 0 Å². The third-order valence-electron chi connectivity index (χ3n) is 10.1. The minimum atomic E-state index is -4.79. The Morgan fingerprint density at radius 1 is 0.867 bits per heavy atom. The lowest BCUT2D eigenvalue weighted by molar-refractivity contribution is -0.197. The number of sulfone groups is 2. The third kappa shape index (κ3) is 5.32. The Balaban J connectivity index is 1.64. The molecule has 0 spiro atoms. The molecule has 0 amide bonds. The van der Waals surface area contributed by atoms with Crippen LogP contribution in [0, 0.1) is 35.4 Å². The lowest BCUT2D eigenvalue weighted by atomic mass is 9.75. The summed E-state index contributed by atoms with van der Waals surface area (Å²) in [6.07, 6.45) is 0.155. The van der Waals surface area contributed by atoms with Crippen molar-refractivity contribution in [2.45, 2.75) is 79.1 Å². The number of esters is 1. The Morgan fingerprint density at radius 2 is 1.47 bits per heavy atom. The van der Waals surface area contributed by atoms with E-state index in [1.165, 1.54) is 66.7 Å². The molecule has 3 aromatic rings. The molecule has 0 unspecified atom stereocenters. The fourth-order valence-electron chi connectivity index (χ4n) is 7.76. The van der Waals surface area contributed by atoms with Crippen molar-refractivity contribution in [1.29, 1.82) is 0 Å². The van der Waals surface area contributed by atoms with Crippen molar-refractivity contribution in [1.82, 2.24) is 0 Å². The molecule has 7 nitrogen and oxygen atoms in total. The van der Waals surface area contributed by atoms with Gasteiger partial charge in [-0.1, -0.05) is 69.7 Å². The predicted octanol–water partition coefficient (Wildman–Crippen LogP) is 6.16. The van der Waals surface area contributed by atoms with E-state index in [2.05, 4.69) is 20.8 Å². The molecular weight excluding hydrogens is 616 g/mol. The number of benzene rings is 3. The molecule has 0 aromatic heterocycles. The summed E-state index contributed by atoms with van der Waals surface area (Å²) < 4.78 is 85.4. The number of rotatable bonds is 7. The average molecular weight is 655 g/mol. The molecule has 1 aliphatic heterocycles. The number of ether oxygens (including phenoxy) is 2. The van der Waals surface area contributed by atoms with E-state index in [-0.39, 0.29) is 34.2 Å². The standard InChI is InChI=1S/C35H39FO7S2/c1-22(2)29-17-14-23(3)18-31(29)42-34-32-30(33(37)43-34)20-25-19-26(36)16-15-24(25)21-35(32,44(38,39)27-10-6-4-7-11-27)45(40,41)28-12-8-5-9-13-28/h4-13,15-16,19,22-23,29-32,34H,14,17-18,20-21H2,1-3H3/t23-,29+,30+,31-,32-,34-/m1/s1. The van der Waals surface area contributed by atoms with Gasteiger partial charge in [-0.2, -0.15) is 0 Å². The highest BCUT2D eigenvalue weighted by atomic mass is 32.3. The van der Waals surface area contributed by atoms with Gasteiger partial charge in [0.05, 0.1) is 27.7 Å². The lowest BCUT2D eigenvalue weighted by Gasteiger charge is -2.42. The van der Waals surface area contributed by atoms with E-state index in [0.29, 0.717) is 23.5 Å². The first-order valence-electron chi connectivity index (χ1n) is 15.6. The summed E-state index contributed by atoms with van der Waals surface area (Å²) in [5.41, 5.74) is 0.727. The van der Waals surface area contributed by atoms with Crippen LogP contribution in [0.15, 0.2) is 88.7 Å². The van der Waals surface area contributed by atoms with E-state index in [0.717, 1.165) is 12.8 Å². The highest BCUT2D eigenvalue weighted by molar-refractivity contribution is 8.10. The molecule has 1 heterocycles. The summed E-state index contributed by atoms with van der Waals surface area (Å²) in [6, 6.07) is 18.8. The van der Waals surface area contributed by atoms with Crippen LogP contribution < -0.4 is 0 Å². The van der Waals surface area contributed by atoms with Crippen LogP contribution in [0.5, 0.6) is 0 Å². The Morgan fingerprint density at radius 3 is 2.04 bits per heavy atom. The highest BCUT2D eigenvalue weighted by Crippen LogP contribution is 2.54. The van der Waals surface area contributed by atoms with Crippen molar-refractivity contribution in [3.63, 3.8) is 0 Å². The maximum absolute atomic E-state index is 15.2. The first-order chi connectivity index (χ1) is 21.4. The van der Waals surface area contributed by atoms with Crippen LogP contribution in [0.3, 0.4) is 0 Å². The van der Waals surface area contributed by atoms with E-state index < -0.39 is 60.1 Å². The van der Waals surface area contributed by atoms with Gasteiger partial charge < -0.3 is 9.47 Å². The largest absolute Gasteiger partial charge is 0.435 e. The first-order valence-corrected chi connectivity index (χ1v) is 18.6. The molecule has 6 rings (SSSR count). The van der Waals surface area contributed by atoms with Crippen LogP contribution in [0.25, 0.3) is 0 Å².